The fourth-order valence-electron chi connectivity index (χ4n) is 1.21. The standard InChI is InChI=1S/C11H16N2O2S/c1-15-11(14)10-8-9(4-6-13-10)12-5-3-7-16-2/h4,6,8H,3,5,7H2,1-2H3,(H,12,13). The molecule has 0 aliphatic heterocycles. The zero-order valence-corrected chi connectivity index (χ0v) is 10.3. The van der Waals surface area contributed by atoms with Gasteiger partial charge in [-0.25, -0.2) is 9.78 Å². The summed E-state index contributed by atoms with van der Waals surface area (Å²) in [5, 5.41) is 3.24. The van der Waals surface area contributed by atoms with E-state index in [2.05, 4.69) is 21.3 Å². The number of carbonyl (C=O) groups excluding carboxylic acids is 1. The van der Waals surface area contributed by atoms with E-state index >= 15 is 0 Å². The van der Waals surface area contributed by atoms with Gasteiger partial charge in [-0.15, -0.1) is 0 Å². The maximum absolute atomic E-state index is 11.2. The molecular weight excluding hydrogens is 224 g/mol. The number of carbonyl (C=O) groups is 1. The van der Waals surface area contributed by atoms with E-state index in [1.54, 1.807) is 12.3 Å². The molecule has 0 bridgehead atoms. The summed E-state index contributed by atoms with van der Waals surface area (Å²) in [7, 11) is 1.35. The maximum atomic E-state index is 11.2. The van der Waals surface area contributed by atoms with E-state index in [9.17, 15) is 4.79 Å². The SMILES string of the molecule is COC(=O)c1cc(NCCCSC)ccn1. The van der Waals surface area contributed by atoms with E-state index in [1.165, 1.54) is 7.11 Å². The number of hydrogen-bond acceptors (Lipinski definition) is 5. The minimum atomic E-state index is -0.409. The number of hydrogen-bond donors (Lipinski definition) is 1. The number of ether oxygens (including phenoxy) is 1. The molecule has 0 saturated heterocycles. The van der Waals surface area contributed by atoms with Crippen molar-refractivity contribution in [3.63, 3.8) is 0 Å². The predicted molar refractivity (Wildman–Crippen MR) is 67.1 cm³/mol. The molecule has 4 nitrogen and oxygen atoms in total. The van der Waals surface area contributed by atoms with Crippen molar-refractivity contribution >= 4 is 23.4 Å². The summed E-state index contributed by atoms with van der Waals surface area (Å²) >= 11 is 1.82. The van der Waals surface area contributed by atoms with Crippen molar-refractivity contribution in [3.8, 4) is 0 Å². The van der Waals surface area contributed by atoms with E-state index in [4.69, 9.17) is 0 Å². The Bertz CT molecular complexity index is 345. The summed E-state index contributed by atoms with van der Waals surface area (Å²) in [5.74, 6) is 0.717. The molecule has 0 aliphatic carbocycles. The number of rotatable bonds is 6. The lowest BCUT2D eigenvalue weighted by Gasteiger charge is -2.06. The Morgan fingerprint density at radius 3 is 3.12 bits per heavy atom. The summed E-state index contributed by atoms with van der Waals surface area (Å²) in [6.07, 6.45) is 4.78. The first kappa shape index (κ1) is 12.8. The Kier molecular flexibility index (Phi) is 5.71. The zero-order chi connectivity index (χ0) is 11.8. The molecule has 0 spiro atoms. The van der Waals surface area contributed by atoms with Crippen LogP contribution in [0.1, 0.15) is 16.9 Å². The summed E-state index contributed by atoms with van der Waals surface area (Å²) in [4.78, 5) is 15.2. The van der Waals surface area contributed by atoms with Gasteiger partial charge in [0.25, 0.3) is 0 Å². The maximum Gasteiger partial charge on any atom is 0.356 e. The van der Waals surface area contributed by atoms with Crippen LogP contribution in [0.4, 0.5) is 5.69 Å². The van der Waals surface area contributed by atoms with Gasteiger partial charge in [0.1, 0.15) is 5.69 Å². The first-order valence-electron chi connectivity index (χ1n) is 5.05. The van der Waals surface area contributed by atoms with Crippen LogP contribution in [0.2, 0.25) is 0 Å². The molecule has 5 heteroatoms. The van der Waals surface area contributed by atoms with Crippen LogP contribution in [0.25, 0.3) is 0 Å². The second-order valence-corrected chi connectivity index (χ2v) is 4.18. The van der Waals surface area contributed by atoms with E-state index in [-0.39, 0.29) is 0 Å². The van der Waals surface area contributed by atoms with Gasteiger partial charge < -0.3 is 10.1 Å². The van der Waals surface area contributed by atoms with Crippen molar-refractivity contribution in [2.45, 2.75) is 6.42 Å². The minimum absolute atomic E-state index is 0.331. The number of nitrogens with zero attached hydrogens (tertiary/aromatic N) is 1. The van der Waals surface area contributed by atoms with Gasteiger partial charge >= 0.3 is 5.97 Å². The van der Waals surface area contributed by atoms with Gasteiger partial charge in [0.05, 0.1) is 7.11 Å². The first-order chi connectivity index (χ1) is 7.77. The molecule has 88 valence electrons. The van der Waals surface area contributed by atoms with Crippen LogP contribution in [-0.2, 0) is 4.74 Å². The Morgan fingerprint density at radius 1 is 1.62 bits per heavy atom. The summed E-state index contributed by atoms with van der Waals surface area (Å²) in [5.41, 5.74) is 1.23. The third-order valence-corrected chi connectivity index (χ3v) is 2.71. The van der Waals surface area contributed by atoms with Crippen LogP contribution in [0.3, 0.4) is 0 Å². The first-order valence-corrected chi connectivity index (χ1v) is 6.44. The lowest BCUT2D eigenvalue weighted by molar-refractivity contribution is 0.0594. The van der Waals surface area contributed by atoms with Crippen LogP contribution in [-0.4, -0.2) is 36.6 Å². The van der Waals surface area contributed by atoms with E-state index in [0.29, 0.717) is 5.69 Å². The molecule has 1 rings (SSSR count). The van der Waals surface area contributed by atoms with Gasteiger partial charge in [-0.2, -0.15) is 11.8 Å². The molecule has 0 aromatic carbocycles. The molecule has 1 aromatic heterocycles. The summed E-state index contributed by atoms with van der Waals surface area (Å²) in [6, 6.07) is 3.54. The predicted octanol–water partition coefficient (Wildman–Crippen LogP) is 2.03. The molecule has 16 heavy (non-hydrogen) atoms. The Hall–Kier alpha value is -1.23. The third kappa shape index (κ3) is 4.10. The summed E-state index contributed by atoms with van der Waals surface area (Å²) in [6.45, 7) is 0.894. The number of thioether (sulfide) groups is 1. The van der Waals surface area contributed by atoms with Gasteiger partial charge in [-0.05, 0) is 30.6 Å². The molecule has 1 aromatic rings. The molecule has 0 radical (unpaired) electrons. The van der Waals surface area contributed by atoms with Crippen molar-refractivity contribution in [3.05, 3.63) is 24.0 Å². The fraction of sp³-hybridized carbons (Fsp3) is 0.455. The van der Waals surface area contributed by atoms with Gasteiger partial charge in [0.15, 0.2) is 0 Å². The fourth-order valence-corrected chi connectivity index (χ4v) is 1.64. The molecule has 1 heterocycles. The summed E-state index contributed by atoms with van der Waals surface area (Å²) < 4.78 is 4.60. The number of nitrogens with one attached hydrogen (secondary N) is 1. The van der Waals surface area contributed by atoms with E-state index in [0.717, 1.165) is 24.4 Å². The minimum Gasteiger partial charge on any atom is -0.464 e. The molecular formula is C11H16N2O2S. The second-order valence-electron chi connectivity index (χ2n) is 3.19. The van der Waals surface area contributed by atoms with Crippen LogP contribution in [0.15, 0.2) is 18.3 Å². The number of anilines is 1. The number of methoxy groups -OCH3 is 1. The topological polar surface area (TPSA) is 51.2 Å². The Labute approximate surface area is 99.8 Å². The highest BCUT2D eigenvalue weighted by Gasteiger charge is 2.06. The van der Waals surface area contributed by atoms with Crippen molar-refractivity contribution in [2.24, 2.45) is 0 Å². The number of pyridine rings is 1. The molecule has 1 N–H and O–H groups in total. The molecule has 0 atom stereocenters. The number of aromatic nitrogens is 1. The number of esters is 1. The third-order valence-electron chi connectivity index (χ3n) is 2.01. The molecule has 0 amide bonds. The highest BCUT2D eigenvalue weighted by molar-refractivity contribution is 7.98. The van der Waals surface area contributed by atoms with Gasteiger partial charge in [0, 0.05) is 18.4 Å². The van der Waals surface area contributed by atoms with E-state index in [1.807, 2.05) is 17.8 Å². The zero-order valence-electron chi connectivity index (χ0n) is 9.53. The van der Waals surface area contributed by atoms with Crippen LogP contribution in [0, 0.1) is 0 Å². The molecule has 0 fully saturated rings. The van der Waals surface area contributed by atoms with Gasteiger partial charge in [0.2, 0.25) is 0 Å². The lowest BCUT2D eigenvalue weighted by atomic mass is 10.3. The van der Waals surface area contributed by atoms with Gasteiger partial charge in [-0.3, -0.25) is 0 Å². The molecule has 0 aliphatic rings. The van der Waals surface area contributed by atoms with Crippen molar-refractivity contribution in [2.75, 3.05) is 31.0 Å². The largest absolute Gasteiger partial charge is 0.464 e. The molecule has 0 unspecified atom stereocenters. The van der Waals surface area contributed by atoms with E-state index < -0.39 is 5.97 Å². The van der Waals surface area contributed by atoms with Crippen LogP contribution < -0.4 is 5.32 Å². The monoisotopic (exact) mass is 240 g/mol. The quantitative estimate of drug-likeness (QED) is 0.609. The smallest absolute Gasteiger partial charge is 0.356 e. The normalized spacial score (nSPS) is 9.88. The average molecular weight is 240 g/mol. The lowest BCUT2D eigenvalue weighted by Crippen LogP contribution is -2.07. The average Bonchev–Trinajstić information content (AvgIpc) is 2.34. The van der Waals surface area contributed by atoms with Gasteiger partial charge in [-0.1, -0.05) is 0 Å². The van der Waals surface area contributed by atoms with Crippen molar-refractivity contribution in [1.82, 2.24) is 4.98 Å². The Morgan fingerprint density at radius 2 is 2.44 bits per heavy atom. The Balaban J connectivity index is 2.50. The second kappa shape index (κ2) is 7.11. The van der Waals surface area contributed by atoms with Crippen molar-refractivity contribution < 1.29 is 9.53 Å². The van der Waals surface area contributed by atoms with Crippen molar-refractivity contribution in [1.29, 1.82) is 0 Å². The van der Waals surface area contributed by atoms with Crippen LogP contribution in [0.5, 0.6) is 0 Å². The van der Waals surface area contributed by atoms with Crippen LogP contribution >= 0.6 is 11.8 Å². The highest BCUT2D eigenvalue weighted by atomic mass is 32.2. The molecule has 0 saturated carbocycles. The highest BCUT2D eigenvalue weighted by Crippen LogP contribution is 2.09.